The van der Waals surface area contributed by atoms with Gasteiger partial charge in [0, 0.05) is 11.0 Å². The van der Waals surface area contributed by atoms with Crippen molar-refractivity contribution in [3.05, 3.63) is 27.7 Å². The summed E-state index contributed by atoms with van der Waals surface area (Å²) >= 11 is 3.18. The van der Waals surface area contributed by atoms with Crippen LogP contribution in [0.4, 0.5) is 8.78 Å². The Balaban J connectivity index is 3.17. The largest absolute Gasteiger partial charge is 0.316 e. The third kappa shape index (κ3) is 4.48. The van der Waals surface area contributed by atoms with Crippen molar-refractivity contribution in [1.29, 1.82) is 0 Å². The van der Waals surface area contributed by atoms with E-state index in [4.69, 9.17) is 0 Å². The van der Waals surface area contributed by atoms with E-state index in [0.717, 1.165) is 11.1 Å². The average Bonchev–Trinajstić information content (AvgIpc) is 2.31. The predicted molar refractivity (Wildman–Crippen MR) is 72.8 cm³/mol. The number of rotatable bonds is 6. The minimum absolute atomic E-state index is 0.0293. The molecule has 0 amide bonds. The van der Waals surface area contributed by atoms with Gasteiger partial charge in [0.15, 0.2) is 0 Å². The minimum Gasteiger partial charge on any atom is -0.316 e. The Morgan fingerprint density at radius 2 is 2.00 bits per heavy atom. The van der Waals surface area contributed by atoms with Crippen LogP contribution in [0.5, 0.6) is 0 Å². The molecule has 1 aromatic carbocycles. The fourth-order valence-corrected chi connectivity index (χ4v) is 3.63. The van der Waals surface area contributed by atoms with E-state index in [2.05, 4.69) is 21.2 Å². The summed E-state index contributed by atoms with van der Waals surface area (Å²) in [5, 5.41) is 2.91. The molecule has 0 aliphatic carbocycles. The Morgan fingerprint density at radius 1 is 1.37 bits per heavy atom. The van der Waals surface area contributed by atoms with Crippen LogP contribution in [0.2, 0.25) is 0 Å². The molecule has 19 heavy (non-hydrogen) atoms. The van der Waals surface area contributed by atoms with Crippen LogP contribution in [0.3, 0.4) is 0 Å². The highest BCUT2D eigenvalue weighted by Crippen LogP contribution is 2.27. The van der Waals surface area contributed by atoms with Crippen LogP contribution >= 0.6 is 15.9 Å². The zero-order valence-corrected chi connectivity index (χ0v) is 12.9. The van der Waals surface area contributed by atoms with Crippen LogP contribution < -0.4 is 10.0 Å². The van der Waals surface area contributed by atoms with Crippen LogP contribution in [0, 0.1) is 6.92 Å². The standard InChI is InChI=1S/C11H15BrF2N2O2S/c1-7-3-8(5-15-2)4-9(11(7)12)19(17,18)16-6-10(13)14/h3-4,10,15-16H,5-6H2,1-2H3. The van der Waals surface area contributed by atoms with Gasteiger partial charge < -0.3 is 5.32 Å². The van der Waals surface area contributed by atoms with Crippen molar-refractivity contribution in [2.75, 3.05) is 13.6 Å². The Bertz CT molecular complexity index is 550. The highest BCUT2D eigenvalue weighted by molar-refractivity contribution is 9.10. The van der Waals surface area contributed by atoms with E-state index in [1.807, 2.05) is 10.8 Å². The number of benzene rings is 1. The normalized spacial score (nSPS) is 12.1. The van der Waals surface area contributed by atoms with Crippen LogP contribution in [0.15, 0.2) is 21.5 Å². The number of sulfonamides is 1. The molecular weight excluding hydrogens is 342 g/mol. The van der Waals surface area contributed by atoms with Crippen molar-refractivity contribution in [3.63, 3.8) is 0 Å². The fourth-order valence-electron chi connectivity index (χ4n) is 1.56. The lowest BCUT2D eigenvalue weighted by Crippen LogP contribution is -2.29. The molecule has 0 fully saturated rings. The predicted octanol–water partition coefficient (Wildman–Crippen LogP) is 2.02. The van der Waals surface area contributed by atoms with Gasteiger partial charge in [-0.25, -0.2) is 21.9 Å². The minimum atomic E-state index is -3.95. The zero-order chi connectivity index (χ0) is 14.6. The van der Waals surface area contributed by atoms with E-state index in [1.165, 1.54) is 6.07 Å². The van der Waals surface area contributed by atoms with E-state index < -0.39 is 23.0 Å². The van der Waals surface area contributed by atoms with Gasteiger partial charge in [0.05, 0.1) is 11.4 Å². The molecule has 8 heteroatoms. The second kappa shape index (κ2) is 6.74. The summed E-state index contributed by atoms with van der Waals surface area (Å²) in [6, 6.07) is 3.29. The van der Waals surface area contributed by atoms with Crippen LogP contribution in [-0.4, -0.2) is 28.4 Å². The van der Waals surface area contributed by atoms with Crippen molar-refractivity contribution in [3.8, 4) is 0 Å². The van der Waals surface area contributed by atoms with Crippen molar-refractivity contribution in [2.24, 2.45) is 0 Å². The second-order valence-corrected chi connectivity index (χ2v) is 6.53. The fraction of sp³-hybridized carbons (Fsp3) is 0.455. The van der Waals surface area contributed by atoms with Crippen molar-refractivity contribution in [2.45, 2.75) is 24.8 Å². The Kier molecular flexibility index (Phi) is 5.84. The van der Waals surface area contributed by atoms with Crippen molar-refractivity contribution < 1.29 is 17.2 Å². The molecule has 0 heterocycles. The smallest absolute Gasteiger partial charge is 0.251 e. The molecule has 0 unspecified atom stereocenters. The Hall–Kier alpha value is -0.570. The second-order valence-electron chi connectivity index (χ2n) is 4.00. The van der Waals surface area contributed by atoms with E-state index >= 15 is 0 Å². The number of hydrogen-bond donors (Lipinski definition) is 2. The van der Waals surface area contributed by atoms with Gasteiger partial charge in [-0.1, -0.05) is 6.07 Å². The third-order valence-electron chi connectivity index (χ3n) is 2.38. The van der Waals surface area contributed by atoms with Gasteiger partial charge in [-0.2, -0.15) is 0 Å². The molecule has 0 aliphatic rings. The summed E-state index contributed by atoms with van der Waals surface area (Å²) in [4.78, 5) is -0.0293. The first-order chi connectivity index (χ1) is 8.77. The summed E-state index contributed by atoms with van der Waals surface area (Å²) in [5.74, 6) is 0. The summed E-state index contributed by atoms with van der Waals surface area (Å²) < 4.78 is 50.4. The summed E-state index contributed by atoms with van der Waals surface area (Å²) in [6.07, 6.45) is -2.73. The van der Waals surface area contributed by atoms with Gasteiger partial charge in [0.1, 0.15) is 0 Å². The molecule has 2 N–H and O–H groups in total. The van der Waals surface area contributed by atoms with E-state index in [1.54, 1.807) is 14.0 Å². The van der Waals surface area contributed by atoms with Gasteiger partial charge in [-0.05, 0) is 47.1 Å². The molecule has 1 aromatic rings. The van der Waals surface area contributed by atoms with Crippen molar-refractivity contribution >= 4 is 26.0 Å². The lowest BCUT2D eigenvalue weighted by Gasteiger charge is -2.12. The van der Waals surface area contributed by atoms with Gasteiger partial charge in [0.2, 0.25) is 10.0 Å². The van der Waals surface area contributed by atoms with Gasteiger partial charge in [-0.15, -0.1) is 0 Å². The highest BCUT2D eigenvalue weighted by Gasteiger charge is 2.21. The molecule has 4 nitrogen and oxygen atoms in total. The first-order valence-electron chi connectivity index (χ1n) is 5.49. The monoisotopic (exact) mass is 356 g/mol. The molecule has 0 atom stereocenters. The molecule has 0 saturated carbocycles. The SMILES string of the molecule is CNCc1cc(C)c(Br)c(S(=O)(=O)NCC(F)F)c1. The van der Waals surface area contributed by atoms with Gasteiger partial charge in [0.25, 0.3) is 6.43 Å². The zero-order valence-electron chi connectivity index (χ0n) is 10.5. The van der Waals surface area contributed by atoms with E-state index in [9.17, 15) is 17.2 Å². The number of alkyl halides is 2. The number of nitrogens with one attached hydrogen (secondary N) is 2. The van der Waals surface area contributed by atoms with E-state index in [-0.39, 0.29) is 4.90 Å². The molecule has 0 spiro atoms. The Labute approximate surface area is 119 Å². The average molecular weight is 357 g/mol. The summed E-state index contributed by atoms with van der Waals surface area (Å²) in [5.41, 5.74) is 1.49. The van der Waals surface area contributed by atoms with Gasteiger partial charge in [-0.3, -0.25) is 0 Å². The van der Waals surface area contributed by atoms with Crippen molar-refractivity contribution in [1.82, 2.24) is 10.0 Å². The van der Waals surface area contributed by atoms with Crippen LogP contribution in [0.25, 0.3) is 0 Å². The molecule has 0 saturated heterocycles. The molecule has 108 valence electrons. The molecule has 0 aromatic heterocycles. The lowest BCUT2D eigenvalue weighted by atomic mass is 10.1. The maximum absolute atomic E-state index is 12.1. The number of aryl methyl sites for hydroxylation is 1. The van der Waals surface area contributed by atoms with Crippen LogP contribution in [0.1, 0.15) is 11.1 Å². The Morgan fingerprint density at radius 3 is 2.53 bits per heavy atom. The molecule has 0 radical (unpaired) electrons. The van der Waals surface area contributed by atoms with E-state index in [0.29, 0.717) is 11.0 Å². The number of hydrogen-bond acceptors (Lipinski definition) is 3. The third-order valence-corrected chi connectivity index (χ3v) is 5.14. The van der Waals surface area contributed by atoms with Crippen LogP contribution in [-0.2, 0) is 16.6 Å². The lowest BCUT2D eigenvalue weighted by molar-refractivity contribution is 0.153. The summed E-state index contributed by atoms with van der Waals surface area (Å²) in [6.45, 7) is 1.34. The van der Waals surface area contributed by atoms with Gasteiger partial charge >= 0.3 is 0 Å². The topological polar surface area (TPSA) is 58.2 Å². The molecule has 1 rings (SSSR count). The highest BCUT2D eigenvalue weighted by atomic mass is 79.9. The number of halogens is 3. The quantitative estimate of drug-likeness (QED) is 0.819. The first-order valence-corrected chi connectivity index (χ1v) is 7.77. The molecule has 0 bridgehead atoms. The summed E-state index contributed by atoms with van der Waals surface area (Å²) in [7, 11) is -2.22. The molecular formula is C11H15BrF2N2O2S. The molecule has 0 aliphatic heterocycles. The maximum Gasteiger partial charge on any atom is 0.251 e. The maximum atomic E-state index is 12.1. The first kappa shape index (κ1) is 16.5.